The van der Waals surface area contributed by atoms with Crippen molar-refractivity contribution in [3.8, 4) is 102 Å². The Bertz CT molecular complexity index is 4070. The number of hydrogen-bond acceptors (Lipinski definition) is 8. The van der Waals surface area contributed by atoms with Crippen molar-refractivity contribution < 1.29 is 9.31 Å². The maximum atomic E-state index is 6.30. The zero-order chi connectivity index (χ0) is 58.0. The van der Waals surface area contributed by atoms with Crippen molar-refractivity contribution in [3.05, 3.63) is 280 Å². The van der Waals surface area contributed by atoms with E-state index in [2.05, 4.69) is 173 Å². The minimum atomic E-state index is -0.413. The Balaban J connectivity index is 0.000000155. The lowest BCUT2D eigenvalue weighted by atomic mass is 9.78. The summed E-state index contributed by atoms with van der Waals surface area (Å²) in [5.41, 5.74) is 12.6. The Morgan fingerprint density at radius 1 is 0.250 bits per heavy atom. The highest BCUT2D eigenvalue weighted by atomic mass is 79.9. The molecule has 12 aromatic rings. The smallest absolute Gasteiger partial charge is 0.399 e. The third-order valence-electron chi connectivity index (χ3n) is 14.5. The lowest BCUT2D eigenvalue weighted by Gasteiger charge is -2.32. The fourth-order valence-electron chi connectivity index (χ4n) is 9.40. The van der Waals surface area contributed by atoms with Crippen LogP contribution in [0.1, 0.15) is 27.7 Å². The van der Waals surface area contributed by atoms with Crippen LogP contribution in [0.2, 0.25) is 0 Å². The number of rotatable bonds is 10. The van der Waals surface area contributed by atoms with Gasteiger partial charge in [-0.15, -0.1) is 0 Å². The first-order valence-electron chi connectivity index (χ1n) is 27.5. The van der Waals surface area contributed by atoms with E-state index in [0.29, 0.717) is 34.9 Å². The van der Waals surface area contributed by atoms with Crippen LogP contribution < -0.4 is 5.46 Å². The summed E-state index contributed by atoms with van der Waals surface area (Å²) < 4.78 is 15.9. The third kappa shape index (κ3) is 14.0. The van der Waals surface area contributed by atoms with Crippen LogP contribution in [0.4, 0.5) is 0 Å². The topological polar surface area (TPSA) is 95.8 Å². The average molecular weight is 1290 g/mol. The molecule has 410 valence electrons. The lowest BCUT2D eigenvalue weighted by molar-refractivity contribution is 0.00578. The van der Waals surface area contributed by atoms with E-state index in [0.717, 1.165) is 74.5 Å². The second-order valence-electron chi connectivity index (χ2n) is 21.0. The van der Waals surface area contributed by atoms with Crippen molar-refractivity contribution >= 4 is 60.4 Å². The van der Waals surface area contributed by atoms with E-state index < -0.39 is 7.12 Å². The van der Waals surface area contributed by atoms with Gasteiger partial charge in [-0.2, -0.15) is 0 Å². The standard InChI is InChI=1S/C33H30BN3O2.C33H22BrN3.C6H4Br2/c1-32(2)33(3,4)39-34(38-32)28-20-12-18-26(22-28)25-17-11-19-27(21-25)31-36-29(23-13-7-5-8-14-23)35-30(37-31)24-15-9-6-10-16-24;34-30-19-9-17-28(22-30)26-15-7-14-25(20-26)27-16-8-18-29(21-27)33-36-31(23-10-3-1-4-11-23)35-32(37-33)24-12-5-2-6-13-24;7-5-2-1-3-6(8)4-5/h5-22H,1-4H3;1-22H;1-4H. The molecule has 2 aromatic heterocycles. The molecule has 1 aliphatic heterocycles. The summed E-state index contributed by atoms with van der Waals surface area (Å²) in [6.45, 7) is 8.29. The number of hydrogen-bond donors (Lipinski definition) is 0. The van der Waals surface area contributed by atoms with Crippen molar-refractivity contribution in [2.75, 3.05) is 0 Å². The number of halogens is 3. The van der Waals surface area contributed by atoms with Crippen molar-refractivity contribution in [3.63, 3.8) is 0 Å². The van der Waals surface area contributed by atoms with E-state index in [1.54, 1.807) is 0 Å². The van der Waals surface area contributed by atoms with Crippen LogP contribution in [-0.2, 0) is 9.31 Å². The van der Waals surface area contributed by atoms with Gasteiger partial charge >= 0.3 is 7.12 Å². The Kier molecular flexibility index (Phi) is 17.8. The summed E-state index contributed by atoms with van der Waals surface area (Å²) in [6.07, 6.45) is 0. The normalized spacial score (nSPS) is 13.0. The van der Waals surface area contributed by atoms with Gasteiger partial charge < -0.3 is 9.31 Å². The Morgan fingerprint density at radius 2 is 0.488 bits per heavy atom. The summed E-state index contributed by atoms with van der Waals surface area (Å²) in [6, 6.07) is 90.1. The van der Waals surface area contributed by atoms with E-state index in [1.807, 2.05) is 170 Å². The second-order valence-corrected chi connectivity index (χ2v) is 23.7. The minimum Gasteiger partial charge on any atom is -0.399 e. The maximum Gasteiger partial charge on any atom is 0.494 e. The zero-order valence-corrected chi connectivity index (χ0v) is 51.4. The number of benzene rings is 10. The summed E-state index contributed by atoms with van der Waals surface area (Å²) in [5.74, 6) is 3.89. The van der Waals surface area contributed by atoms with Crippen LogP contribution >= 0.6 is 47.8 Å². The quantitative estimate of drug-likeness (QED) is 0.125. The molecule has 8 nitrogen and oxygen atoms in total. The van der Waals surface area contributed by atoms with Gasteiger partial charge in [0.1, 0.15) is 0 Å². The Labute approximate surface area is 516 Å². The monoisotopic (exact) mass is 1280 g/mol. The van der Waals surface area contributed by atoms with Gasteiger partial charge in [0.05, 0.1) is 11.2 Å². The van der Waals surface area contributed by atoms with Crippen LogP contribution in [0.3, 0.4) is 0 Å². The third-order valence-corrected chi connectivity index (χ3v) is 16.0. The Morgan fingerprint density at radius 3 is 0.810 bits per heavy atom. The van der Waals surface area contributed by atoms with E-state index in [9.17, 15) is 0 Å². The molecular weight excluding hydrogens is 1230 g/mol. The lowest BCUT2D eigenvalue weighted by Crippen LogP contribution is -2.41. The van der Waals surface area contributed by atoms with Gasteiger partial charge in [-0.3, -0.25) is 0 Å². The van der Waals surface area contributed by atoms with Gasteiger partial charge in [0, 0.05) is 46.8 Å². The van der Waals surface area contributed by atoms with Crippen molar-refractivity contribution in [2.45, 2.75) is 38.9 Å². The molecule has 1 fully saturated rings. The molecule has 10 aromatic carbocycles. The molecule has 12 heteroatoms. The molecule has 13 rings (SSSR count). The first-order chi connectivity index (χ1) is 40.8. The van der Waals surface area contributed by atoms with Crippen LogP contribution in [0.15, 0.2) is 280 Å². The molecule has 3 heterocycles. The molecule has 0 amide bonds. The van der Waals surface area contributed by atoms with Crippen molar-refractivity contribution in [1.82, 2.24) is 29.9 Å². The molecule has 0 bridgehead atoms. The first kappa shape index (κ1) is 57.5. The fraction of sp³-hybridized carbons (Fsp3) is 0.0833. The summed E-state index contributed by atoms with van der Waals surface area (Å²) in [4.78, 5) is 29.1. The van der Waals surface area contributed by atoms with E-state index in [-0.39, 0.29) is 11.2 Å². The number of aromatic nitrogens is 6. The van der Waals surface area contributed by atoms with Gasteiger partial charge in [-0.25, -0.2) is 29.9 Å². The molecule has 0 atom stereocenters. The second kappa shape index (κ2) is 26.1. The van der Waals surface area contributed by atoms with Gasteiger partial charge in [0.2, 0.25) is 0 Å². The highest BCUT2D eigenvalue weighted by molar-refractivity contribution is 9.11. The van der Waals surface area contributed by atoms with Gasteiger partial charge in [-0.05, 0) is 115 Å². The first-order valence-corrected chi connectivity index (χ1v) is 29.9. The molecule has 0 N–H and O–H groups in total. The van der Waals surface area contributed by atoms with Crippen LogP contribution in [0.5, 0.6) is 0 Å². The largest absolute Gasteiger partial charge is 0.494 e. The molecule has 0 radical (unpaired) electrons. The molecule has 1 saturated heterocycles. The summed E-state index contributed by atoms with van der Waals surface area (Å²) in [5, 5.41) is 0. The molecule has 0 spiro atoms. The molecular formula is C72H56BBr3N6O2. The average Bonchev–Trinajstić information content (AvgIpc) is 3.67. The predicted molar refractivity (Wildman–Crippen MR) is 354 cm³/mol. The van der Waals surface area contributed by atoms with E-state index in [4.69, 9.17) is 39.2 Å². The van der Waals surface area contributed by atoms with Crippen molar-refractivity contribution in [1.29, 1.82) is 0 Å². The summed E-state index contributed by atoms with van der Waals surface area (Å²) >= 11 is 10.2. The predicted octanol–water partition coefficient (Wildman–Crippen LogP) is 19.0. The molecule has 0 saturated carbocycles. The maximum absolute atomic E-state index is 6.30. The highest BCUT2D eigenvalue weighted by Crippen LogP contribution is 2.38. The molecule has 84 heavy (non-hydrogen) atoms. The van der Waals surface area contributed by atoms with Gasteiger partial charge in [0.15, 0.2) is 34.9 Å². The molecule has 1 aliphatic rings. The highest BCUT2D eigenvalue weighted by Gasteiger charge is 2.51. The fourth-order valence-corrected chi connectivity index (χ4v) is 10.9. The molecule has 0 aliphatic carbocycles. The van der Waals surface area contributed by atoms with Crippen LogP contribution in [-0.4, -0.2) is 48.2 Å². The minimum absolute atomic E-state index is 0.390. The van der Waals surface area contributed by atoms with Crippen LogP contribution in [0, 0.1) is 0 Å². The summed E-state index contributed by atoms with van der Waals surface area (Å²) in [7, 11) is -0.413. The van der Waals surface area contributed by atoms with E-state index >= 15 is 0 Å². The van der Waals surface area contributed by atoms with Gasteiger partial charge in [0.25, 0.3) is 0 Å². The van der Waals surface area contributed by atoms with Crippen LogP contribution in [0.25, 0.3) is 102 Å². The SMILES string of the molecule is Brc1cccc(-c2cccc(-c3cccc(-c4nc(-c5ccccc5)nc(-c5ccccc5)n4)c3)c2)c1.Brc1cccc(Br)c1.CC1(C)OB(c2cccc(-c3cccc(-c4nc(-c5ccccc5)nc(-c5ccccc5)n4)c3)c2)OC1(C)C. The van der Waals surface area contributed by atoms with E-state index in [1.165, 1.54) is 11.1 Å². The van der Waals surface area contributed by atoms with Crippen molar-refractivity contribution in [2.24, 2.45) is 0 Å². The zero-order valence-electron chi connectivity index (χ0n) is 46.6. The Hall–Kier alpha value is -8.36. The number of nitrogens with zero attached hydrogens (tertiary/aromatic N) is 6. The van der Waals surface area contributed by atoms with Gasteiger partial charge in [-0.1, -0.05) is 266 Å². The molecule has 0 unspecified atom stereocenters.